The number of aromatic amines is 1. The number of aromatic nitrogens is 1. The first kappa shape index (κ1) is 27.6. The van der Waals surface area contributed by atoms with Crippen LogP contribution >= 0.6 is 0 Å². The molecule has 0 spiro atoms. The van der Waals surface area contributed by atoms with E-state index in [0.717, 1.165) is 17.1 Å². The summed E-state index contributed by atoms with van der Waals surface area (Å²) in [7, 11) is 0. The van der Waals surface area contributed by atoms with Crippen molar-refractivity contribution in [3.8, 4) is 0 Å². The van der Waals surface area contributed by atoms with E-state index in [0.29, 0.717) is 37.1 Å². The number of imide groups is 1. The number of H-pyrrole nitrogens is 1. The van der Waals surface area contributed by atoms with Crippen LogP contribution in [0.3, 0.4) is 0 Å². The molecule has 0 bridgehead atoms. The highest BCUT2D eigenvalue weighted by Crippen LogP contribution is 2.07. The van der Waals surface area contributed by atoms with Gasteiger partial charge in [0.25, 0.3) is 11.8 Å². The maximum Gasteiger partial charge on any atom is 0.328 e. The van der Waals surface area contributed by atoms with Crippen LogP contribution in [0.25, 0.3) is 12.2 Å². The van der Waals surface area contributed by atoms with Gasteiger partial charge in [-0.15, -0.1) is 0 Å². The molecule has 2 heterocycles. The molecule has 0 aliphatic carbocycles. The summed E-state index contributed by atoms with van der Waals surface area (Å²) in [6, 6.07) is 3.08. The van der Waals surface area contributed by atoms with Crippen molar-refractivity contribution >= 4 is 47.6 Å². The van der Waals surface area contributed by atoms with Gasteiger partial charge in [0.05, 0.1) is 0 Å². The summed E-state index contributed by atoms with van der Waals surface area (Å²) in [4.78, 5) is 64.7. The molecule has 0 aromatic carbocycles. The minimum absolute atomic E-state index is 0.0792. The number of hydrogen-bond acceptors (Lipinski definition) is 6. The first-order valence-electron chi connectivity index (χ1n) is 11.1. The number of carbonyl (C=O) groups is 5. The molecule has 0 radical (unpaired) electrons. The summed E-state index contributed by atoms with van der Waals surface area (Å²) in [5, 5.41) is 28.4. The largest absolute Gasteiger partial charge is 0.478 e. The average Bonchev–Trinajstić information content (AvgIpc) is 3.13. The Kier molecular flexibility index (Phi) is 10.7. The minimum Gasteiger partial charge on any atom is -0.478 e. The second-order valence-electron chi connectivity index (χ2n) is 7.69. The quantitative estimate of drug-likeness (QED) is 0.0884. The van der Waals surface area contributed by atoms with Crippen LogP contribution in [0, 0.1) is 5.41 Å². The number of nitrogens with zero attached hydrogens (tertiary/aromatic N) is 2. The first-order valence-corrected chi connectivity index (χ1v) is 11.1. The molecule has 0 unspecified atom stereocenters. The molecule has 1 aliphatic heterocycles. The lowest BCUT2D eigenvalue weighted by atomic mass is 10.2. The monoisotopic (exact) mass is 497 g/mol. The zero-order chi connectivity index (χ0) is 26.5. The molecule has 36 heavy (non-hydrogen) atoms. The number of rotatable bonds is 13. The number of amides is 3. The van der Waals surface area contributed by atoms with E-state index in [2.05, 4.69) is 15.3 Å². The molecule has 2 rings (SSSR count). The van der Waals surface area contributed by atoms with E-state index in [-0.39, 0.29) is 48.4 Å². The van der Waals surface area contributed by atoms with Crippen molar-refractivity contribution in [2.75, 3.05) is 13.1 Å². The van der Waals surface area contributed by atoms with Crippen LogP contribution in [0.2, 0.25) is 0 Å². The Labute approximate surface area is 206 Å². The fourth-order valence-corrected chi connectivity index (χ4v) is 3.14. The maximum absolute atomic E-state index is 12.0. The number of carbonyl (C=O) groups excluding carboxylic acids is 3. The van der Waals surface area contributed by atoms with Gasteiger partial charge < -0.3 is 20.5 Å². The zero-order valence-electron chi connectivity index (χ0n) is 19.4. The lowest BCUT2D eigenvalue weighted by molar-refractivity contribution is -0.137. The normalized spacial score (nSPS) is 13.8. The highest BCUT2D eigenvalue weighted by Gasteiger charge is 2.22. The third kappa shape index (κ3) is 9.71. The van der Waals surface area contributed by atoms with Gasteiger partial charge in [-0.05, 0) is 37.1 Å². The van der Waals surface area contributed by atoms with Crippen LogP contribution in [0.15, 0.2) is 41.4 Å². The average molecular weight is 498 g/mol. The van der Waals surface area contributed by atoms with Crippen LogP contribution in [-0.4, -0.2) is 68.7 Å². The molecule has 0 fully saturated rings. The smallest absolute Gasteiger partial charge is 0.328 e. The van der Waals surface area contributed by atoms with Crippen LogP contribution in [0.4, 0.5) is 0 Å². The molecule has 1 aromatic rings. The van der Waals surface area contributed by atoms with Crippen LogP contribution in [0.5, 0.6) is 0 Å². The number of carboxylic acid groups (broad SMARTS) is 2. The molecule has 5 N–H and O–H groups in total. The summed E-state index contributed by atoms with van der Waals surface area (Å²) in [5.74, 6) is -3.23. The van der Waals surface area contributed by atoms with Crippen molar-refractivity contribution in [1.29, 1.82) is 5.41 Å². The van der Waals surface area contributed by atoms with Gasteiger partial charge in [-0.2, -0.15) is 0 Å². The Morgan fingerprint density at radius 3 is 2.31 bits per heavy atom. The lowest BCUT2D eigenvalue weighted by Crippen LogP contribution is -2.30. The van der Waals surface area contributed by atoms with Crippen molar-refractivity contribution in [2.24, 2.45) is 4.99 Å². The molecule has 3 amide bonds. The number of hydrogen-bond donors (Lipinski definition) is 5. The predicted molar refractivity (Wildman–Crippen MR) is 129 cm³/mol. The SMILES string of the molecule is N=C(CCNC(=O)CCCCCN1C(=O)C=CC1=O)/N=c1\[nH]c(/C=C/C(=O)O)ccc1/C=C/C(=O)O. The van der Waals surface area contributed by atoms with Crippen molar-refractivity contribution < 1.29 is 34.2 Å². The summed E-state index contributed by atoms with van der Waals surface area (Å²) < 4.78 is 0. The van der Waals surface area contributed by atoms with Gasteiger partial charge >= 0.3 is 11.9 Å². The molecule has 0 saturated carbocycles. The highest BCUT2D eigenvalue weighted by molar-refractivity contribution is 6.12. The van der Waals surface area contributed by atoms with Gasteiger partial charge in [0, 0.05) is 61.5 Å². The van der Waals surface area contributed by atoms with Crippen molar-refractivity contribution in [2.45, 2.75) is 32.1 Å². The topological polar surface area (TPSA) is 193 Å². The number of carboxylic acids is 2. The third-order valence-electron chi connectivity index (χ3n) is 4.91. The van der Waals surface area contributed by atoms with Crippen LogP contribution in [0.1, 0.15) is 43.4 Å². The molecule has 1 aliphatic rings. The number of amidine groups is 1. The number of nitrogens with one attached hydrogen (secondary N) is 3. The van der Waals surface area contributed by atoms with Gasteiger partial charge in [-0.3, -0.25) is 24.7 Å². The standard InChI is InChI=1S/C24H27N5O7/c25-18(13-14-26-19(30)4-2-1-3-15-29-20(31)9-10-21(29)32)28-24-16(6-11-22(33)34)5-7-17(27-24)8-12-23(35)36/h5-12H,1-4,13-15H2,(H,26,30)(H,33,34)(H,35,36)(H2,25,27,28)/b11-6+,12-8+. The molecular formula is C24H27N5O7. The van der Waals surface area contributed by atoms with Crippen molar-refractivity contribution in [1.82, 2.24) is 15.2 Å². The summed E-state index contributed by atoms with van der Waals surface area (Å²) in [5.41, 5.74) is 0.938. The van der Waals surface area contributed by atoms with E-state index < -0.39 is 11.9 Å². The van der Waals surface area contributed by atoms with Crippen LogP contribution in [-0.2, 0) is 24.0 Å². The molecular weight excluding hydrogens is 470 g/mol. The van der Waals surface area contributed by atoms with E-state index >= 15 is 0 Å². The fourth-order valence-electron chi connectivity index (χ4n) is 3.14. The second-order valence-corrected chi connectivity index (χ2v) is 7.69. The summed E-state index contributed by atoms with van der Waals surface area (Å²) >= 11 is 0. The molecule has 0 saturated heterocycles. The Morgan fingerprint density at radius 2 is 1.64 bits per heavy atom. The van der Waals surface area contributed by atoms with Crippen LogP contribution < -0.4 is 10.8 Å². The molecule has 12 nitrogen and oxygen atoms in total. The van der Waals surface area contributed by atoms with Crippen molar-refractivity contribution in [3.63, 3.8) is 0 Å². The van der Waals surface area contributed by atoms with Gasteiger partial charge in [-0.25, -0.2) is 14.6 Å². The molecule has 12 heteroatoms. The Bertz CT molecular complexity index is 1180. The molecule has 0 atom stereocenters. The van der Waals surface area contributed by atoms with E-state index in [9.17, 15) is 24.0 Å². The van der Waals surface area contributed by atoms with E-state index in [1.54, 1.807) is 6.07 Å². The molecule has 1 aromatic heterocycles. The van der Waals surface area contributed by atoms with Gasteiger partial charge in [0.1, 0.15) is 11.3 Å². The number of pyridine rings is 1. The van der Waals surface area contributed by atoms with Gasteiger partial charge in [0.15, 0.2) is 0 Å². The number of aliphatic carboxylic acids is 2. The summed E-state index contributed by atoms with van der Waals surface area (Å²) in [6.45, 7) is 0.488. The van der Waals surface area contributed by atoms with Crippen molar-refractivity contribution in [3.05, 3.63) is 53.2 Å². The maximum atomic E-state index is 12.0. The van der Waals surface area contributed by atoms with Gasteiger partial charge in [-0.1, -0.05) is 6.42 Å². The predicted octanol–water partition coefficient (Wildman–Crippen LogP) is 1.08. The number of unbranched alkanes of at least 4 members (excludes halogenated alkanes) is 2. The van der Waals surface area contributed by atoms with E-state index in [4.69, 9.17) is 15.6 Å². The first-order chi connectivity index (χ1) is 17.2. The third-order valence-corrected chi connectivity index (χ3v) is 4.91. The second kappa shape index (κ2) is 13.9. The van der Waals surface area contributed by atoms with Gasteiger partial charge in [0.2, 0.25) is 5.91 Å². The highest BCUT2D eigenvalue weighted by atomic mass is 16.4. The lowest BCUT2D eigenvalue weighted by Gasteiger charge is -2.13. The van der Waals surface area contributed by atoms with E-state index in [1.807, 2.05) is 0 Å². The van der Waals surface area contributed by atoms with E-state index in [1.165, 1.54) is 30.4 Å². The Balaban J connectivity index is 1.83. The summed E-state index contributed by atoms with van der Waals surface area (Å²) in [6.07, 6.45) is 9.14. The minimum atomic E-state index is -1.16. The Hall–Kier alpha value is -4.61. The zero-order valence-corrected chi connectivity index (χ0v) is 19.4. The fraction of sp³-hybridized carbons (Fsp3) is 0.292. The molecule has 190 valence electrons. The Morgan fingerprint density at radius 1 is 0.972 bits per heavy atom.